The van der Waals surface area contributed by atoms with Crippen molar-refractivity contribution < 1.29 is 9.59 Å². The van der Waals surface area contributed by atoms with E-state index in [1.54, 1.807) is 0 Å². The first-order chi connectivity index (χ1) is 13.0. The number of hydrogen-bond acceptors (Lipinski definition) is 3. The minimum Gasteiger partial charge on any atom is -0.345 e. The van der Waals surface area contributed by atoms with E-state index in [1.165, 1.54) is 0 Å². The largest absolute Gasteiger partial charge is 0.345 e. The summed E-state index contributed by atoms with van der Waals surface area (Å²) in [5.41, 5.74) is 2.65. The van der Waals surface area contributed by atoms with Crippen LogP contribution in [0.4, 0.5) is 0 Å². The molecular formula is C22H28ClN3O2. The van der Waals surface area contributed by atoms with Gasteiger partial charge in [0.15, 0.2) is 0 Å². The molecule has 2 amide bonds. The van der Waals surface area contributed by atoms with E-state index in [0.717, 1.165) is 24.2 Å². The van der Waals surface area contributed by atoms with Gasteiger partial charge in [0.05, 0.1) is 12.5 Å². The van der Waals surface area contributed by atoms with E-state index in [9.17, 15) is 9.59 Å². The minimum absolute atomic E-state index is 0. The van der Waals surface area contributed by atoms with E-state index in [-0.39, 0.29) is 42.7 Å². The standard InChI is InChI=1S/C22H27N3O2.ClH/c1-16-8-10-19(11-9-16)22(27)24-20(18-6-4-3-5-7-18)14-21(26)25-13-12-23-15-17(25)2;/h3-11,17,20,23H,12-15H2,1-2H3,(H,24,27);1H/t17-,20?;/m1./s1. The van der Waals surface area contributed by atoms with Crippen LogP contribution in [-0.4, -0.2) is 42.4 Å². The second-order valence-electron chi connectivity index (χ2n) is 7.15. The molecule has 0 aliphatic carbocycles. The molecule has 0 aromatic heterocycles. The van der Waals surface area contributed by atoms with Crippen molar-refractivity contribution >= 4 is 24.2 Å². The molecule has 0 radical (unpaired) electrons. The zero-order valence-electron chi connectivity index (χ0n) is 16.4. The molecule has 1 heterocycles. The quantitative estimate of drug-likeness (QED) is 0.809. The Morgan fingerprint density at radius 3 is 2.46 bits per heavy atom. The highest BCUT2D eigenvalue weighted by Gasteiger charge is 2.27. The Kier molecular flexibility index (Phi) is 8.03. The van der Waals surface area contributed by atoms with Gasteiger partial charge in [-0.2, -0.15) is 0 Å². The topological polar surface area (TPSA) is 61.4 Å². The van der Waals surface area contributed by atoms with Crippen LogP contribution in [0.5, 0.6) is 0 Å². The van der Waals surface area contributed by atoms with Gasteiger partial charge in [0.1, 0.15) is 0 Å². The highest BCUT2D eigenvalue weighted by atomic mass is 35.5. The number of nitrogens with zero attached hydrogens (tertiary/aromatic N) is 1. The molecule has 0 saturated carbocycles. The van der Waals surface area contributed by atoms with Gasteiger partial charge in [0, 0.05) is 31.2 Å². The summed E-state index contributed by atoms with van der Waals surface area (Å²) in [7, 11) is 0. The lowest BCUT2D eigenvalue weighted by atomic mass is 10.0. The lowest BCUT2D eigenvalue weighted by Crippen LogP contribution is -2.52. The van der Waals surface area contributed by atoms with Crippen LogP contribution < -0.4 is 10.6 Å². The Morgan fingerprint density at radius 2 is 1.82 bits per heavy atom. The van der Waals surface area contributed by atoms with Crippen LogP contribution >= 0.6 is 12.4 Å². The van der Waals surface area contributed by atoms with Crippen molar-refractivity contribution in [1.29, 1.82) is 0 Å². The van der Waals surface area contributed by atoms with E-state index >= 15 is 0 Å². The lowest BCUT2D eigenvalue weighted by molar-refractivity contribution is -0.134. The molecular weight excluding hydrogens is 374 g/mol. The normalized spacial score (nSPS) is 17.4. The Morgan fingerprint density at radius 1 is 1.14 bits per heavy atom. The molecule has 1 fully saturated rings. The third kappa shape index (κ3) is 5.57. The average Bonchev–Trinajstić information content (AvgIpc) is 2.69. The van der Waals surface area contributed by atoms with Gasteiger partial charge >= 0.3 is 0 Å². The number of carbonyl (C=O) groups is 2. The Balaban J connectivity index is 0.00000280. The van der Waals surface area contributed by atoms with Crippen molar-refractivity contribution in [3.05, 3.63) is 71.3 Å². The lowest BCUT2D eigenvalue weighted by Gasteiger charge is -2.35. The SMILES string of the molecule is Cc1ccc(C(=O)NC(CC(=O)N2CCNC[C@H]2C)c2ccccc2)cc1.Cl. The molecule has 2 aromatic rings. The Bertz CT molecular complexity index is 780. The van der Waals surface area contributed by atoms with E-state index in [0.29, 0.717) is 12.1 Å². The molecule has 0 spiro atoms. The van der Waals surface area contributed by atoms with Gasteiger partial charge in [-0.15, -0.1) is 12.4 Å². The van der Waals surface area contributed by atoms with Gasteiger partial charge in [-0.3, -0.25) is 9.59 Å². The summed E-state index contributed by atoms with van der Waals surface area (Å²) < 4.78 is 0. The number of piperazine rings is 1. The van der Waals surface area contributed by atoms with E-state index < -0.39 is 0 Å². The molecule has 2 N–H and O–H groups in total. The average molecular weight is 402 g/mol. The molecule has 28 heavy (non-hydrogen) atoms. The molecule has 1 saturated heterocycles. The summed E-state index contributed by atoms with van der Waals surface area (Å²) in [6.07, 6.45) is 0.256. The second kappa shape index (κ2) is 10.2. The van der Waals surface area contributed by atoms with Crippen molar-refractivity contribution in [3.63, 3.8) is 0 Å². The summed E-state index contributed by atoms with van der Waals surface area (Å²) in [5, 5.41) is 6.35. The van der Waals surface area contributed by atoms with Gasteiger partial charge in [-0.25, -0.2) is 0 Å². The molecule has 5 nitrogen and oxygen atoms in total. The summed E-state index contributed by atoms with van der Waals surface area (Å²) in [4.78, 5) is 27.5. The predicted octanol–water partition coefficient (Wildman–Crippen LogP) is 3.10. The van der Waals surface area contributed by atoms with Crippen LogP contribution in [0.3, 0.4) is 0 Å². The van der Waals surface area contributed by atoms with Gasteiger partial charge in [-0.1, -0.05) is 48.0 Å². The maximum atomic E-state index is 12.9. The Hall–Kier alpha value is -2.37. The number of halogens is 1. The number of nitrogens with one attached hydrogen (secondary N) is 2. The maximum absolute atomic E-state index is 12.9. The summed E-state index contributed by atoms with van der Waals surface area (Å²) in [5.74, 6) is -0.0907. The highest BCUT2D eigenvalue weighted by molar-refractivity contribution is 5.94. The number of carbonyl (C=O) groups excluding carboxylic acids is 2. The van der Waals surface area contributed by atoms with Gasteiger partial charge < -0.3 is 15.5 Å². The smallest absolute Gasteiger partial charge is 0.251 e. The fourth-order valence-electron chi connectivity index (χ4n) is 3.39. The predicted molar refractivity (Wildman–Crippen MR) is 114 cm³/mol. The van der Waals surface area contributed by atoms with Crippen molar-refractivity contribution in [1.82, 2.24) is 15.5 Å². The molecule has 2 aromatic carbocycles. The molecule has 1 unspecified atom stereocenters. The first-order valence-electron chi connectivity index (χ1n) is 9.47. The van der Waals surface area contributed by atoms with Crippen LogP contribution in [-0.2, 0) is 4.79 Å². The number of rotatable bonds is 5. The van der Waals surface area contributed by atoms with Gasteiger partial charge in [0.2, 0.25) is 5.91 Å². The summed E-state index contributed by atoms with van der Waals surface area (Å²) in [6.45, 7) is 6.35. The molecule has 6 heteroatoms. The number of amides is 2. The first kappa shape index (κ1) is 21.9. The van der Waals surface area contributed by atoms with Crippen LogP contribution in [0.2, 0.25) is 0 Å². The van der Waals surface area contributed by atoms with E-state index in [1.807, 2.05) is 73.3 Å². The Labute approximate surface area is 172 Å². The molecule has 2 atom stereocenters. The molecule has 1 aliphatic rings. The summed E-state index contributed by atoms with van der Waals surface area (Å²) >= 11 is 0. The van der Waals surface area contributed by atoms with Crippen molar-refractivity contribution in [3.8, 4) is 0 Å². The van der Waals surface area contributed by atoms with Gasteiger partial charge in [0.25, 0.3) is 5.91 Å². The van der Waals surface area contributed by atoms with E-state index in [4.69, 9.17) is 0 Å². The van der Waals surface area contributed by atoms with Crippen molar-refractivity contribution in [2.75, 3.05) is 19.6 Å². The molecule has 3 rings (SSSR count). The van der Waals surface area contributed by atoms with Crippen LogP contribution in [0.25, 0.3) is 0 Å². The van der Waals surface area contributed by atoms with Crippen LogP contribution in [0, 0.1) is 6.92 Å². The molecule has 1 aliphatic heterocycles. The number of hydrogen-bond donors (Lipinski definition) is 2. The van der Waals surface area contributed by atoms with Crippen molar-refractivity contribution in [2.24, 2.45) is 0 Å². The first-order valence-corrected chi connectivity index (χ1v) is 9.47. The third-order valence-electron chi connectivity index (χ3n) is 5.02. The van der Waals surface area contributed by atoms with Crippen molar-refractivity contribution in [2.45, 2.75) is 32.4 Å². The van der Waals surface area contributed by atoms with Crippen LogP contribution in [0.15, 0.2) is 54.6 Å². The number of benzene rings is 2. The summed E-state index contributed by atoms with van der Waals surface area (Å²) in [6, 6.07) is 17.0. The zero-order valence-corrected chi connectivity index (χ0v) is 17.2. The fourth-order valence-corrected chi connectivity index (χ4v) is 3.39. The maximum Gasteiger partial charge on any atom is 0.251 e. The fraction of sp³-hybridized carbons (Fsp3) is 0.364. The monoisotopic (exact) mass is 401 g/mol. The molecule has 150 valence electrons. The zero-order chi connectivity index (χ0) is 19.2. The second-order valence-corrected chi connectivity index (χ2v) is 7.15. The third-order valence-corrected chi connectivity index (χ3v) is 5.02. The van der Waals surface area contributed by atoms with E-state index in [2.05, 4.69) is 10.6 Å². The van der Waals surface area contributed by atoms with Crippen LogP contribution in [0.1, 0.15) is 40.9 Å². The minimum atomic E-state index is -0.352. The molecule has 0 bridgehead atoms. The highest BCUT2D eigenvalue weighted by Crippen LogP contribution is 2.20. The van der Waals surface area contributed by atoms with Gasteiger partial charge in [-0.05, 0) is 31.5 Å². The number of aryl methyl sites for hydroxylation is 1.